The average Bonchev–Trinajstić information content (AvgIpc) is 1.98. The van der Waals surface area contributed by atoms with Crippen molar-refractivity contribution >= 4 is 22.6 Å². The van der Waals surface area contributed by atoms with Crippen LogP contribution in [0.2, 0.25) is 0 Å². The first kappa shape index (κ1) is 9.78. The summed E-state index contributed by atoms with van der Waals surface area (Å²) in [4.78, 5) is 0. The lowest BCUT2D eigenvalue weighted by molar-refractivity contribution is 0.0884. The lowest BCUT2D eigenvalue weighted by Gasteiger charge is -2.23. The lowest BCUT2D eigenvalue weighted by atomic mass is 9.99. The quantitative estimate of drug-likeness (QED) is 0.524. The summed E-state index contributed by atoms with van der Waals surface area (Å²) in [6, 6.07) is 0. The summed E-state index contributed by atoms with van der Waals surface area (Å²) in [6.07, 6.45) is 8.73. The molecule has 1 aliphatic carbocycles. The fraction of sp³-hybridized carbons (Fsp3) is 1.00. The normalized spacial score (nSPS) is 34.4. The highest BCUT2D eigenvalue weighted by molar-refractivity contribution is 14.1. The highest BCUT2D eigenvalue weighted by Crippen LogP contribution is 2.24. The molecular formula is C9H17IO. The minimum absolute atomic E-state index is 0.524. The monoisotopic (exact) mass is 268 g/mol. The van der Waals surface area contributed by atoms with Gasteiger partial charge in [0, 0.05) is 11.0 Å². The molecule has 1 rings (SSSR count). The highest BCUT2D eigenvalue weighted by atomic mass is 127. The molecule has 11 heavy (non-hydrogen) atoms. The summed E-state index contributed by atoms with van der Waals surface area (Å²) in [7, 11) is 1.85. The fourth-order valence-corrected chi connectivity index (χ4v) is 2.76. The number of halogens is 1. The van der Waals surface area contributed by atoms with E-state index >= 15 is 0 Å². The van der Waals surface area contributed by atoms with Crippen molar-refractivity contribution in [2.75, 3.05) is 7.11 Å². The van der Waals surface area contributed by atoms with Crippen molar-refractivity contribution in [1.29, 1.82) is 0 Å². The molecule has 0 aromatic rings. The van der Waals surface area contributed by atoms with Crippen LogP contribution in [0.4, 0.5) is 0 Å². The van der Waals surface area contributed by atoms with Gasteiger partial charge in [0.05, 0.1) is 6.10 Å². The van der Waals surface area contributed by atoms with E-state index < -0.39 is 0 Å². The number of hydrogen-bond acceptors (Lipinski definition) is 1. The van der Waals surface area contributed by atoms with Crippen LogP contribution in [0.1, 0.15) is 38.5 Å². The van der Waals surface area contributed by atoms with Gasteiger partial charge in [0.1, 0.15) is 0 Å². The SMILES string of the molecule is COC1CCCCCCC1I. The molecule has 0 amide bonds. The first-order valence-electron chi connectivity index (χ1n) is 4.51. The number of alkyl halides is 1. The number of ether oxygens (including phenoxy) is 1. The van der Waals surface area contributed by atoms with Gasteiger partial charge in [0.2, 0.25) is 0 Å². The summed E-state index contributed by atoms with van der Waals surface area (Å²) in [5.41, 5.74) is 0. The summed E-state index contributed by atoms with van der Waals surface area (Å²) in [5.74, 6) is 0. The Balaban J connectivity index is 2.33. The first-order valence-corrected chi connectivity index (χ1v) is 5.76. The van der Waals surface area contributed by atoms with E-state index in [1.165, 1.54) is 38.5 Å². The van der Waals surface area contributed by atoms with Gasteiger partial charge in [-0.1, -0.05) is 48.3 Å². The second-order valence-electron chi connectivity index (χ2n) is 3.28. The Bertz CT molecular complexity index is 106. The van der Waals surface area contributed by atoms with Gasteiger partial charge in [0.25, 0.3) is 0 Å². The molecule has 1 fully saturated rings. The molecule has 0 saturated heterocycles. The minimum atomic E-state index is 0.524. The van der Waals surface area contributed by atoms with Crippen LogP contribution in [0.15, 0.2) is 0 Å². The van der Waals surface area contributed by atoms with E-state index in [-0.39, 0.29) is 0 Å². The molecule has 0 radical (unpaired) electrons. The molecule has 0 bridgehead atoms. The van der Waals surface area contributed by atoms with Gasteiger partial charge in [-0.05, 0) is 12.8 Å². The van der Waals surface area contributed by atoms with E-state index in [9.17, 15) is 0 Å². The van der Waals surface area contributed by atoms with Gasteiger partial charge in [-0.3, -0.25) is 0 Å². The molecule has 1 nitrogen and oxygen atoms in total. The Morgan fingerprint density at radius 3 is 2.36 bits per heavy atom. The van der Waals surface area contributed by atoms with E-state index in [0.29, 0.717) is 6.10 Å². The molecule has 2 atom stereocenters. The molecular weight excluding hydrogens is 251 g/mol. The van der Waals surface area contributed by atoms with E-state index in [1.54, 1.807) is 0 Å². The summed E-state index contributed by atoms with van der Waals surface area (Å²) in [6.45, 7) is 0. The van der Waals surface area contributed by atoms with Gasteiger partial charge in [-0.15, -0.1) is 0 Å². The molecule has 0 aliphatic heterocycles. The zero-order valence-electron chi connectivity index (χ0n) is 7.18. The van der Waals surface area contributed by atoms with Gasteiger partial charge in [-0.2, -0.15) is 0 Å². The summed E-state index contributed by atoms with van der Waals surface area (Å²) in [5, 5.41) is 0. The number of rotatable bonds is 1. The topological polar surface area (TPSA) is 9.23 Å². The van der Waals surface area contributed by atoms with E-state index in [2.05, 4.69) is 22.6 Å². The van der Waals surface area contributed by atoms with Gasteiger partial charge >= 0.3 is 0 Å². The minimum Gasteiger partial charge on any atom is -0.380 e. The third-order valence-corrected chi connectivity index (χ3v) is 3.85. The Labute approximate surface area is 83.0 Å². The van der Waals surface area contributed by atoms with Crippen molar-refractivity contribution in [3.05, 3.63) is 0 Å². The Morgan fingerprint density at radius 1 is 1.09 bits per heavy atom. The van der Waals surface area contributed by atoms with Crippen LogP contribution < -0.4 is 0 Å². The maximum absolute atomic E-state index is 5.43. The molecule has 0 aromatic carbocycles. The summed E-state index contributed by atoms with van der Waals surface area (Å²) < 4.78 is 6.18. The first-order chi connectivity index (χ1) is 5.34. The van der Waals surface area contributed by atoms with Crippen LogP contribution in [0, 0.1) is 0 Å². The van der Waals surface area contributed by atoms with Crippen molar-refractivity contribution in [2.24, 2.45) is 0 Å². The maximum Gasteiger partial charge on any atom is 0.0688 e. The molecule has 2 unspecified atom stereocenters. The third kappa shape index (κ3) is 3.28. The Hall–Kier alpha value is 0.690. The predicted molar refractivity (Wildman–Crippen MR) is 56.3 cm³/mol. The summed E-state index contributed by atoms with van der Waals surface area (Å²) >= 11 is 2.54. The van der Waals surface area contributed by atoms with Gasteiger partial charge in [-0.25, -0.2) is 0 Å². The van der Waals surface area contributed by atoms with Gasteiger partial charge in [0.15, 0.2) is 0 Å². The smallest absolute Gasteiger partial charge is 0.0688 e. The van der Waals surface area contributed by atoms with Crippen LogP contribution in [-0.2, 0) is 4.74 Å². The van der Waals surface area contributed by atoms with E-state index in [1.807, 2.05) is 7.11 Å². The standard InChI is InChI=1S/C9H17IO/c1-11-9-7-5-3-2-4-6-8(9)10/h8-9H,2-7H2,1H3. The largest absolute Gasteiger partial charge is 0.380 e. The lowest BCUT2D eigenvalue weighted by Crippen LogP contribution is -2.23. The number of hydrogen-bond donors (Lipinski definition) is 0. The maximum atomic E-state index is 5.43. The van der Waals surface area contributed by atoms with E-state index in [4.69, 9.17) is 4.74 Å². The second-order valence-corrected chi connectivity index (χ2v) is 4.88. The molecule has 0 N–H and O–H groups in total. The van der Waals surface area contributed by atoms with Crippen molar-refractivity contribution in [1.82, 2.24) is 0 Å². The zero-order chi connectivity index (χ0) is 8.10. The van der Waals surface area contributed by atoms with Crippen LogP contribution in [0.25, 0.3) is 0 Å². The molecule has 66 valence electrons. The molecule has 0 heterocycles. The highest BCUT2D eigenvalue weighted by Gasteiger charge is 2.18. The predicted octanol–water partition coefficient (Wildman–Crippen LogP) is 3.16. The van der Waals surface area contributed by atoms with Crippen molar-refractivity contribution < 1.29 is 4.74 Å². The van der Waals surface area contributed by atoms with E-state index in [0.717, 1.165) is 3.92 Å². The van der Waals surface area contributed by atoms with Crippen molar-refractivity contribution in [3.63, 3.8) is 0 Å². The van der Waals surface area contributed by atoms with Crippen molar-refractivity contribution in [3.8, 4) is 0 Å². The van der Waals surface area contributed by atoms with Crippen molar-refractivity contribution in [2.45, 2.75) is 48.6 Å². The fourth-order valence-electron chi connectivity index (χ4n) is 1.67. The van der Waals surface area contributed by atoms with Crippen LogP contribution in [-0.4, -0.2) is 17.1 Å². The molecule has 1 aliphatic rings. The number of methoxy groups -OCH3 is 1. The molecule has 2 heteroatoms. The van der Waals surface area contributed by atoms with Crippen LogP contribution in [0.3, 0.4) is 0 Å². The molecule has 0 aromatic heterocycles. The average molecular weight is 268 g/mol. The van der Waals surface area contributed by atoms with Gasteiger partial charge < -0.3 is 4.74 Å². The second kappa shape index (κ2) is 5.36. The molecule has 1 saturated carbocycles. The molecule has 0 spiro atoms. The third-order valence-electron chi connectivity index (χ3n) is 2.42. The zero-order valence-corrected chi connectivity index (χ0v) is 9.34. The van der Waals surface area contributed by atoms with Crippen LogP contribution in [0.5, 0.6) is 0 Å². The Kier molecular flexibility index (Phi) is 4.76. The van der Waals surface area contributed by atoms with Crippen LogP contribution >= 0.6 is 22.6 Å². The Morgan fingerprint density at radius 2 is 1.73 bits per heavy atom.